The summed E-state index contributed by atoms with van der Waals surface area (Å²) < 4.78 is 0. The Kier molecular flexibility index (Phi) is 15.5. The second-order valence-electron chi connectivity index (χ2n) is 5.96. The van der Waals surface area contributed by atoms with Crippen LogP contribution in [0.1, 0.15) is 52.9 Å². The highest BCUT2D eigenvalue weighted by Crippen LogP contribution is 2.09. The SMILES string of the molecule is CCCCCCNC(N)=NCC(CC(C)C)N(C)C.I. The Morgan fingerprint density at radius 3 is 2.35 bits per heavy atom. The van der Waals surface area contributed by atoms with Gasteiger partial charge in [0.2, 0.25) is 0 Å². The summed E-state index contributed by atoms with van der Waals surface area (Å²) in [6.07, 6.45) is 6.16. The molecule has 0 saturated heterocycles. The fourth-order valence-corrected chi connectivity index (χ4v) is 2.02. The molecule has 0 aliphatic rings. The molecule has 0 aromatic heterocycles. The van der Waals surface area contributed by atoms with Crippen LogP contribution >= 0.6 is 24.0 Å². The fraction of sp³-hybridized carbons (Fsp3) is 0.933. The zero-order valence-corrected chi connectivity index (χ0v) is 16.3. The molecule has 20 heavy (non-hydrogen) atoms. The summed E-state index contributed by atoms with van der Waals surface area (Å²) in [5, 5.41) is 3.20. The van der Waals surface area contributed by atoms with Gasteiger partial charge in [-0.15, -0.1) is 24.0 Å². The van der Waals surface area contributed by atoms with Gasteiger partial charge in [0.1, 0.15) is 0 Å². The summed E-state index contributed by atoms with van der Waals surface area (Å²) in [4.78, 5) is 6.69. The average Bonchev–Trinajstić information content (AvgIpc) is 2.33. The molecule has 122 valence electrons. The van der Waals surface area contributed by atoms with E-state index >= 15 is 0 Å². The van der Waals surface area contributed by atoms with Gasteiger partial charge in [0.05, 0.1) is 6.54 Å². The van der Waals surface area contributed by atoms with Crippen molar-refractivity contribution in [1.82, 2.24) is 10.2 Å². The van der Waals surface area contributed by atoms with E-state index in [1.54, 1.807) is 0 Å². The highest BCUT2D eigenvalue weighted by molar-refractivity contribution is 14.0. The third-order valence-corrected chi connectivity index (χ3v) is 3.28. The quantitative estimate of drug-likeness (QED) is 0.257. The minimum absolute atomic E-state index is 0. The lowest BCUT2D eigenvalue weighted by atomic mass is 10.0. The number of hydrogen-bond donors (Lipinski definition) is 2. The Morgan fingerprint density at radius 2 is 1.85 bits per heavy atom. The monoisotopic (exact) mass is 398 g/mol. The van der Waals surface area contributed by atoms with E-state index < -0.39 is 0 Å². The van der Waals surface area contributed by atoms with Crippen molar-refractivity contribution in [3.05, 3.63) is 0 Å². The van der Waals surface area contributed by atoms with Gasteiger partial charge in [0.15, 0.2) is 5.96 Å². The van der Waals surface area contributed by atoms with Crippen molar-refractivity contribution < 1.29 is 0 Å². The van der Waals surface area contributed by atoms with Crippen molar-refractivity contribution >= 4 is 29.9 Å². The van der Waals surface area contributed by atoms with Crippen LogP contribution in [0.5, 0.6) is 0 Å². The first-order valence-electron chi connectivity index (χ1n) is 7.67. The highest BCUT2D eigenvalue weighted by Gasteiger charge is 2.12. The lowest BCUT2D eigenvalue weighted by Crippen LogP contribution is -2.36. The van der Waals surface area contributed by atoms with Crippen LogP contribution in [0.15, 0.2) is 4.99 Å². The first-order chi connectivity index (χ1) is 8.97. The lowest BCUT2D eigenvalue weighted by molar-refractivity contribution is 0.261. The minimum Gasteiger partial charge on any atom is -0.370 e. The molecule has 4 nitrogen and oxygen atoms in total. The van der Waals surface area contributed by atoms with E-state index in [2.05, 4.69) is 50.1 Å². The number of nitrogens with zero attached hydrogens (tertiary/aromatic N) is 2. The molecule has 0 aliphatic carbocycles. The number of rotatable bonds is 10. The number of unbranched alkanes of at least 4 members (excludes halogenated alkanes) is 3. The predicted molar refractivity (Wildman–Crippen MR) is 101 cm³/mol. The average molecular weight is 398 g/mol. The van der Waals surface area contributed by atoms with Gasteiger partial charge >= 0.3 is 0 Å². The molecule has 0 heterocycles. The standard InChI is InChI=1S/C15H34N4.HI/c1-6-7-8-9-10-17-15(16)18-12-14(19(4)5)11-13(2)3;/h13-14H,6-12H2,1-5H3,(H3,16,17,18);1H. The van der Waals surface area contributed by atoms with Crippen LogP contribution in [0.25, 0.3) is 0 Å². The topological polar surface area (TPSA) is 53.6 Å². The summed E-state index contributed by atoms with van der Waals surface area (Å²) >= 11 is 0. The Bertz CT molecular complexity index is 242. The van der Waals surface area contributed by atoms with Crippen LogP contribution in [-0.4, -0.2) is 44.1 Å². The van der Waals surface area contributed by atoms with Crippen molar-refractivity contribution in [3.63, 3.8) is 0 Å². The van der Waals surface area contributed by atoms with Gasteiger partial charge in [0, 0.05) is 12.6 Å². The molecule has 0 rings (SSSR count). The second-order valence-corrected chi connectivity index (χ2v) is 5.96. The van der Waals surface area contributed by atoms with Gasteiger partial charge in [-0.25, -0.2) is 0 Å². The number of nitrogens with two attached hydrogens (primary N) is 1. The number of likely N-dealkylation sites (N-methyl/N-ethyl adjacent to an activating group) is 1. The summed E-state index contributed by atoms with van der Waals surface area (Å²) in [5.74, 6) is 1.28. The number of aliphatic imine (C=N–C) groups is 1. The summed E-state index contributed by atoms with van der Waals surface area (Å²) in [6, 6.07) is 0.473. The van der Waals surface area contributed by atoms with Crippen LogP contribution in [0.4, 0.5) is 0 Å². The van der Waals surface area contributed by atoms with Gasteiger partial charge in [-0.05, 0) is 32.9 Å². The number of hydrogen-bond acceptors (Lipinski definition) is 2. The van der Waals surface area contributed by atoms with Gasteiger partial charge in [-0.1, -0.05) is 40.0 Å². The molecule has 0 bridgehead atoms. The van der Waals surface area contributed by atoms with E-state index in [-0.39, 0.29) is 24.0 Å². The second kappa shape index (κ2) is 13.9. The number of halogens is 1. The van der Waals surface area contributed by atoms with E-state index in [1.165, 1.54) is 25.7 Å². The molecule has 0 amide bonds. The Balaban J connectivity index is 0. The highest BCUT2D eigenvalue weighted by atomic mass is 127. The predicted octanol–water partition coefficient (Wildman–Crippen LogP) is 3.07. The van der Waals surface area contributed by atoms with Crippen molar-refractivity contribution in [2.24, 2.45) is 16.6 Å². The number of nitrogens with one attached hydrogen (secondary N) is 1. The van der Waals surface area contributed by atoms with E-state index in [0.717, 1.165) is 19.5 Å². The van der Waals surface area contributed by atoms with Gasteiger partial charge in [0.25, 0.3) is 0 Å². The molecule has 0 saturated carbocycles. The first kappa shape index (κ1) is 22.2. The molecular formula is C15H35IN4. The van der Waals surface area contributed by atoms with Crippen molar-refractivity contribution in [3.8, 4) is 0 Å². The molecule has 1 unspecified atom stereocenters. The van der Waals surface area contributed by atoms with Crippen molar-refractivity contribution in [1.29, 1.82) is 0 Å². The maximum atomic E-state index is 5.89. The van der Waals surface area contributed by atoms with Crippen LogP contribution in [0.3, 0.4) is 0 Å². The van der Waals surface area contributed by atoms with Gasteiger partial charge < -0.3 is 16.0 Å². The van der Waals surface area contributed by atoms with E-state index in [9.17, 15) is 0 Å². The third kappa shape index (κ3) is 13.0. The maximum absolute atomic E-state index is 5.89. The molecule has 3 N–H and O–H groups in total. The summed E-state index contributed by atoms with van der Waals surface area (Å²) in [6.45, 7) is 8.43. The summed E-state index contributed by atoms with van der Waals surface area (Å²) in [7, 11) is 4.22. The molecule has 0 aromatic carbocycles. The zero-order valence-electron chi connectivity index (χ0n) is 14.0. The molecule has 0 fully saturated rings. The van der Waals surface area contributed by atoms with E-state index in [1.807, 2.05) is 0 Å². The van der Waals surface area contributed by atoms with Crippen LogP contribution in [0.2, 0.25) is 0 Å². The molecule has 1 atom stereocenters. The zero-order chi connectivity index (χ0) is 14.7. The molecule has 0 radical (unpaired) electrons. The molecule has 0 aromatic rings. The molecule has 0 aliphatic heterocycles. The molecular weight excluding hydrogens is 363 g/mol. The van der Waals surface area contributed by atoms with Crippen molar-refractivity contribution in [2.75, 3.05) is 27.2 Å². The maximum Gasteiger partial charge on any atom is 0.188 e. The number of guanidine groups is 1. The Morgan fingerprint density at radius 1 is 1.20 bits per heavy atom. The van der Waals surface area contributed by atoms with Gasteiger partial charge in [-0.3, -0.25) is 4.99 Å². The normalized spacial score (nSPS) is 13.4. The van der Waals surface area contributed by atoms with Crippen molar-refractivity contribution in [2.45, 2.75) is 58.9 Å². The van der Waals surface area contributed by atoms with Crippen LogP contribution < -0.4 is 11.1 Å². The van der Waals surface area contributed by atoms with Crippen LogP contribution in [0, 0.1) is 5.92 Å². The van der Waals surface area contributed by atoms with Gasteiger partial charge in [-0.2, -0.15) is 0 Å². The fourth-order valence-electron chi connectivity index (χ4n) is 2.02. The Labute approximate surface area is 143 Å². The van der Waals surface area contributed by atoms with Crippen LogP contribution in [-0.2, 0) is 0 Å². The molecule has 0 spiro atoms. The first-order valence-corrected chi connectivity index (χ1v) is 7.67. The minimum atomic E-state index is 0. The smallest absolute Gasteiger partial charge is 0.188 e. The van der Waals surface area contributed by atoms with E-state index in [4.69, 9.17) is 5.73 Å². The molecule has 5 heteroatoms. The lowest BCUT2D eigenvalue weighted by Gasteiger charge is -2.24. The summed E-state index contributed by atoms with van der Waals surface area (Å²) in [5.41, 5.74) is 5.89. The van der Waals surface area contributed by atoms with E-state index in [0.29, 0.717) is 17.9 Å². The Hall–Kier alpha value is -0.0400. The largest absolute Gasteiger partial charge is 0.370 e. The third-order valence-electron chi connectivity index (χ3n) is 3.28.